The van der Waals surface area contributed by atoms with Gasteiger partial charge in [0.2, 0.25) is 5.95 Å². The number of nitrogens with two attached hydrogens (primary N) is 1. The summed E-state index contributed by atoms with van der Waals surface area (Å²) in [5.74, 6) is 0.479. The molecular weight excluding hydrogens is 104 g/mol. The van der Waals surface area contributed by atoms with Gasteiger partial charge in [-0.25, -0.2) is 9.66 Å². The maximum Gasteiger partial charge on any atom is 0.219 e. The van der Waals surface area contributed by atoms with Crippen LogP contribution in [0.5, 0.6) is 0 Å². The molecule has 8 heavy (non-hydrogen) atoms. The minimum atomic E-state index is 0.479. The van der Waals surface area contributed by atoms with Crippen molar-refractivity contribution in [3.63, 3.8) is 0 Å². The lowest BCUT2D eigenvalue weighted by atomic mass is 11.0. The second-order valence-corrected chi connectivity index (χ2v) is 1.38. The lowest BCUT2D eigenvalue weighted by Crippen LogP contribution is -2.10. The molecule has 4 nitrogen and oxygen atoms in total. The summed E-state index contributed by atoms with van der Waals surface area (Å²) in [4.78, 5) is 3.77. The predicted octanol–water partition coefficient (Wildman–Crippen LogP) is -0.361. The van der Waals surface area contributed by atoms with Crippen LogP contribution in [0.25, 0.3) is 0 Å². The van der Waals surface area contributed by atoms with Gasteiger partial charge in [0.1, 0.15) is 0 Å². The first-order chi connectivity index (χ1) is 3.84. The van der Waals surface area contributed by atoms with E-state index in [1.54, 1.807) is 24.1 Å². The summed E-state index contributed by atoms with van der Waals surface area (Å²) >= 11 is 0. The first-order valence-corrected chi connectivity index (χ1v) is 2.31. The fraction of sp³-hybridized carbons (Fsp3) is 0.250. The quantitative estimate of drug-likeness (QED) is 0.521. The molecule has 0 unspecified atom stereocenters. The number of imidazole rings is 1. The summed E-state index contributed by atoms with van der Waals surface area (Å²) in [5.41, 5.74) is 8.14. The highest BCUT2D eigenvalue weighted by molar-refractivity contribution is 5.17. The van der Waals surface area contributed by atoms with Gasteiger partial charge < -0.3 is 11.2 Å². The van der Waals surface area contributed by atoms with E-state index in [-0.39, 0.29) is 0 Å². The maximum atomic E-state index is 5.34. The number of aromatic nitrogens is 2. The van der Waals surface area contributed by atoms with E-state index in [9.17, 15) is 0 Å². The van der Waals surface area contributed by atoms with Crippen LogP contribution in [-0.2, 0) is 0 Å². The van der Waals surface area contributed by atoms with E-state index >= 15 is 0 Å². The molecule has 4 heteroatoms. The molecule has 0 aliphatic heterocycles. The summed E-state index contributed by atoms with van der Waals surface area (Å²) in [6.07, 6.45) is 3.38. The zero-order valence-corrected chi connectivity index (χ0v) is 4.63. The van der Waals surface area contributed by atoms with E-state index in [1.165, 1.54) is 0 Å². The fourth-order valence-electron chi connectivity index (χ4n) is 0.504. The van der Waals surface area contributed by atoms with Crippen LogP contribution in [0, 0.1) is 0 Å². The van der Waals surface area contributed by atoms with Crippen LogP contribution >= 0.6 is 0 Å². The molecule has 1 heterocycles. The number of hydrogen-bond donors (Lipinski definition) is 2. The molecule has 1 rings (SSSR count). The maximum absolute atomic E-state index is 5.34. The molecule has 0 saturated heterocycles. The van der Waals surface area contributed by atoms with E-state index in [2.05, 4.69) is 10.4 Å². The molecule has 0 atom stereocenters. The first kappa shape index (κ1) is 4.96. The number of hydrogen-bond acceptors (Lipinski definition) is 3. The van der Waals surface area contributed by atoms with Gasteiger partial charge in [-0.3, -0.25) is 0 Å². The zero-order valence-electron chi connectivity index (χ0n) is 4.63. The molecule has 44 valence electrons. The Hall–Kier alpha value is -1.19. The summed E-state index contributed by atoms with van der Waals surface area (Å²) in [6.45, 7) is 0. The third-order valence-corrected chi connectivity index (χ3v) is 0.910. The van der Waals surface area contributed by atoms with Crippen molar-refractivity contribution in [1.82, 2.24) is 9.66 Å². The Morgan fingerprint density at radius 3 is 2.88 bits per heavy atom. The molecule has 0 fully saturated rings. The molecule has 0 saturated carbocycles. The van der Waals surface area contributed by atoms with Crippen LogP contribution in [0.3, 0.4) is 0 Å². The Labute approximate surface area is 47.3 Å². The predicted molar refractivity (Wildman–Crippen MR) is 31.9 cm³/mol. The number of nitrogens with one attached hydrogen (secondary N) is 1. The van der Waals surface area contributed by atoms with Crippen molar-refractivity contribution in [3.8, 4) is 0 Å². The fourth-order valence-corrected chi connectivity index (χ4v) is 0.504. The van der Waals surface area contributed by atoms with Gasteiger partial charge in [0.25, 0.3) is 0 Å². The highest BCUT2D eigenvalue weighted by Gasteiger charge is 1.88. The van der Waals surface area contributed by atoms with Gasteiger partial charge in [-0.1, -0.05) is 0 Å². The zero-order chi connectivity index (χ0) is 5.98. The van der Waals surface area contributed by atoms with Crippen LogP contribution in [0.15, 0.2) is 12.4 Å². The van der Waals surface area contributed by atoms with Crippen molar-refractivity contribution in [2.24, 2.45) is 0 Å². The molecule has 0 radical (unpaired) electrons. The number of rotatable bonds is 1. The van der Waals surface area contributed by atoms with Gasteiger partial charge in [0, 0.05) is 19.4 Å². The topological polar surface area (TPSA) is 55.9 Å². The lowest BCUT2D eigenvalue weighted by Gasteiger charge is -1.98. The van der Waals surface area contributed by atoms with Gasteiger partial charge in [-0.2, -0.15) is 0 Å². The Morgan fingerprint density at radius 2 is 2.62 bits per heavy atom. The van der Waals surface area contributed by atoms with Crippen molar-refractivity contribution in [3.05, 3.63) is 12.4 Å². The minimum absolute atomic E-state index is 0.479. The number of nitrogen functional groups attached to an aromatic ring is 1. The van der Waals surface area contributed by atoms with Gasteiger partial charge in [-0.15, -0.1) is 0 Å². The lowest BCUT2D eigenvalue weighted by molar-refractivity contribution is 0.939. The Bertz CT molecular complexity index is 168. The van der Waals surface area contributed by atoms with Crippen LogP contribution < -0.4 is 11.2 Å². The van der Waals surface area contributed by atoms with Crippen molar-refractivity contribution < 1.29 is 0 Å². The molecule has 0 aliphatic carbocycles. The number of anilines is 1. The Kier molecular flexibility index (Phi) is 1.07. The summed E-state index contributed by atoms with van der Waals surface area (Å²) in [5, 5.41) is 0. The molecule has 0 aliphatic rings. The largest absolute Gasteiger partial charge is 0.368 e. The molecule has 0 amide bonds. The monoisotopic (exact) mass is 112 g/mol. The molecule has 0 aromatic carbocycles. The number of nitrogens with zero attached hydrogens (tertiary/aromatic N) is 2. The summed E-state index contributed by atoms with van der Waals surface area (Å²) in [7, 11) is 1.78. The van der Waals surface area contributed by atoms with Crippen molar-refractivity contribution in [2.45, 2.75) is 0 Å². The molecule has 1 aromatic heterocycles. The third kappa shape index (κ3) is 0.598. The van der Waals surface area contributed by atoms with Gasteiger partial charge in [-0.05, 0) is 0 Å². The summed E-state index contributed by atoms with van der Waals surface area (Å²) in [6, 6.07) is 0. The first-order valence-electron chi connectivity index (χ1n) is 2.31. The van der Waals surface area contributed by atoms with Gasteiger partial charge in [0.15, 0.2) is 0 Å². The average molecular weight is 112 g/mol. The van der Waals surface area contributed by atoms with Gasteiger partial charge in [0.05, 0.1) is 0 Å². The van der Waals surface area contributed by atoms with Crippen molar-refractivity contribution in [2.75, 3.05) is 18.2 Å². The average Bonchev–Trinajstić information content (AvgIpc) is 2.14. The second-order valence-electron chi connectivity index (χ2n) is 1.38. The van der Waals surface area contributed by atoms with Crippen molar-refractivity contribution in [1.29, 1.82) is 0 Å². The van der Waals surface area contributed by atoms with Crippen LogP contribution in [0.4, 0.5) is 5.95 Å². The smallest absolute Gasteiger partial charge is 0.219 e. The normalized spacial score (nSPS) is 9.12. The van der Waals surface area contributed by atoms with E-state index < -0.39 is 0 Å². The molecule has 3 N–H and O–H groups in total. The standard InChI is InChI=1S/C4H8N4/c1-6-8-3-2-7-4(8)5/h2-3,6H,1H3,(H2,5,7). The molecule has 0 spiro atoms. The Balaban J connectivity index is 2.92. The van der Waals surface area contributed by atoms with Crippen LogP contribution in [0.2, 0.25) is 0 Å². The Morgan fingerprint density at radius 1 is 1.88 bits per heavy atom. The van der Waals surface area contributed by atoms with Crippen LogP contribution in [0.1, 0.15) is 0 Å². The SMILES string of the molecule is CNn1ccnc1N. The molecule has 1 aromatic rings. The second kappa shape index (κ2) is 1.73. The molecule has 0 bridgehead atoms. The highest BCUT2D eigenvalue weighted by Crippen LogP contribution is 1.91. The van der Waals surface area contributed by atoms with Gasteiger partial charge >= 0.3 is 0 Å². The highest BCUT2D eigenvalue weighted by atomic mass is 15.4. The minimum Gasteiger partial charge on any atom is -0.368 e. The van der Waals surface area contributed by atoms with E-state index in [4.69, 9.17) is 5.73 Å². The summed E-state index contributed by atoms with van der Waals surface area (Å²) < 4.78 is 1.62. The van der Waals surface area contributed by atoms with Crippen molar-refractivity contribution >= 4 is 5.95 Å². The molecular formula is C4H8N4. The van der Waals surface area contributed by atoms with Crippen LogP contribution in [-0.4, -0.2) is 16.7 Å². The van der Waals surface area contributed by atoms with E-state index in [0.29, 0.717) is 5.95 Å². The third-order valence-electron chi connectivity index (χ3n) is 0.910. The van der Waals surface area contributed by atoms with E-state index in [1.807, 2.05) is 0 Å². The van der Waals surface area contributed by atoms with E-state index in [0.717, 1.165) is 0 Å².